The summed E-state index contributed by atoms with van der Waals surface area (Å²) in [4.78, 5) is 3.17. The number of piperidine rings is 1. The molecule has 0 bridgehead atoms. The van der Waals surface area contributed by atoms with Crippen LogP contribution in [0.5, 0.6) is 0 Å². The summed E-state index contributed by atoms with van der Waals surface area (Å²) in [6, 6.07) is 7.55. The van der Waals surface area contributed by atoms with E-state index < -0.39 is 10.0 Å². The Bertz CT molecular complexity index is 563. The van der Waals surface area contributed by atoms with Crippen LogP contribution in [0.15, 0.2) is 29.2 Å². The molecule has 7 heteroatoms. The summed E-state index contributed by atoms with van der Waals surface area (Å²) in [6.45, 7) is 1.84. The maximum Gasteiger partial charge on any atom is 0.212 e. The quantitative estimate of drug-likeness (QED) is 0.609. The number of nitrogen functional groups attached to an aromatic ring is 1. The molecule has 1 aliphatic heterocycles. The van der Waals surface area contributed by atoms with Crippen LogP contribution in [0.1, 0.15) is 12.8 Å². The van der Waals surface area contributed by atoms with E-state index in [9.17, 15) is 8.42 Å². The highest BCUT2D eigenvalue weighted by Crippen LogP contribution is 2.20. The molecule has 1 aromatic rings. The number of likely N-dealkylation sites (tertiary alicyclic amines) is 1. The third kappa shape index (κ3) is 5.86. The van der Waals surface area contributed by atoms with Crippen molar-refractivity contribution in [2.45, 2.75) is 23.8 Å². The molecule has 21 heavy (non-hydrogen) atoms. The number of benzene rings is 1. The van der Waals surface area contributed by atoms with Crippen LogP contribution in [0.2, 0.25) is 0 Å². The lowest BCUT2D eigenvalue weighted by Gasteiger charge is -2.29. The van der Waals surface area contributed by atoms with Crippen molar-refractivity contribution in [2.24, 2.45) is 0 Å². The fourth-order valence-electron chi connectivity index (χ4n) is 2.45. The first-order valence-electron chi connectivity index (χ1n) is 7.11. The second-order valence-electron chi connectivity index (χ2n) is 5.46. The SMILES string of the molecule is CN1CCCC(NS(=O)(=O)CCSc2cccc(N)c2)C1. The highest BCUT2D eigenvalue weighted by molar-refractivity contribution is 8.00. The van der Waals surface area contributed by atoms with E-state index in [4.69, 9.17) is 5.73 Å². The van der Waals surface area contributed by atoms with E-state index in [-0.39, 0.29) is 11.8 Å². The molecule has 2 rings (SSSR count). The van der Waals surface area contributed by atoms with Gasteiger partial charge < -0.3 is 10.6 Å². The molecule has 1 saturated heterocycles. The Labute approximate surface area is 131 Å². The zero-order chi connectivity index (χ0) is 15.3. The molecule has 0 radical (unpaired) electrons. The zero-order valence-corrected chi connectivity index (χ0v) is 13.9. The summed E-state index contributed by atoms with van der Waals surface area (Å²) < 4.78 is 27.0. The van der Waals surface area contributed by atoms with Crippen LogP contribution in [0.3, 0.4) is 0 Å². The Kier molecular flexibility index (Phi) is 5.92. The molecule has 1 atom stereocenters. The van der Waals surface area contributed by atoms with Gasteiger partial charge in [0, 0.05) is 28.9 Å². The predicted molar refractivity (Wildman–Crippen MR) is 89.0 cm³/mol. The van der Waals surface area contributed by atoms with Gasteiger partial charge in [0.2, 0.25) is 10.0 Å². The molecule has 0 amide bonds. The average Bonchev–Trinajstić information content (AvgIpc) is 2.38. The molecule has 1 aromatic carbocycles. The second kappa shape index (κ2) is 7.49. The minimum Gasteiger partial charge on any atom is -0.399 e. The summed E-state index contributed by atoms with van der Waals surface area (Å²) in [6.07, 6.45) is 1.97. The van der Waals surface area contributed by atoms with E-state index in [0.29, 0.717) is 11.4 Å². The number of hydrogen-bond acceptors (Lipinski definition) is 5. The Morgan fingerprint density at radius 1 is 1.48 bits per heavy atom. The van der Waals surface area contributed by atoms with E-state index in [1.54, 1.807) is 0 Å². The molecule has 118 valence electrons. The molecule has 1 heterocycles. The third-order valence-electron chi connectivity index (χ3n) is 3.45. The maximum atomic E-state index is 12.1. The van der Waals surface area contributed by atoms with Gasteiger partial charge in [-0.1, -0.05) is 6.07 Å². The molecule has 1 aliphatic rings. The van der Waals surface area contributed by atoms with Crippen LogP contribution >= 0.6 is 11.8 Å². The first kappa shape index (κ1) is 16.6. The second-order valence-corrected chi connectivity index (χ2v) is 8.50. The fraction of sp³-hybridized carbons (Fsp3) is 0.571. The lowest BCUT2D eigenvalue weighted by Crippen LogP contribution is -2.47. The number of likely N-dealkylation sites (N-methyl/N-ethyl adjacent to an activating group) is 1. The molecule has 0 aromatic heterocycles. The summed E-state index contributed by atoms with van der Waals surface area (Å²) in [7, 11) is -1.19. The Morgan fingerprint density at radius 2 is 2.29 bits per heavy atom. The van der Waals surface area contributed by atoms with Gasteiger partial charge in [-0.3, -0.25) is 0 Å². The largest absolute Gasteiger partial charge is 0.399 e. The van der Waals surface area contributed by atoms with Gasteiger partial charge in [0.15, 0.2) is 0 Å². The fourth-order valence-corrected chi connectivity index (χ4v) is 5.11. The van der Waals surface area contributed by atoms with Crippen molar-refractivity contribution in [3.8, 4) is 0 Å². The van der Waals surface area contributed by atoms with Crippen LogP contribution < -0.4 is 10.5 Å². The normalized spacial score (nSPS) is 20.5. The van der Waals surface area contributed by atoms with Gasteiger partial charge in [0.05, 0.1) is 5.75 Å². The van der Waals surface area contributed by atoms with Gasteiger partial charge in [0.25, 0.3) is 0 Å². The number of rotatable bonds is 6. The average molecular weight is 329 g/mol. The summed E-state index contributed by atoms with van der Waals surface area (Å²) in [5, 5.41) is 0. The monoisotopic (exact) mass is 329 g/mol. The minimum atomic E-state index is -3.21. The maximum absolute atomic E-state index is 12.1. The number of nitrogens with one attached hydrogen (secondary N) is 1. The van der Waals surface area contributed by atoms with Crippen molar-refractivity contribution in [1.29, 1.82) is 0 Å². The lowest BCUT2D eigenvalue weighted by atomic mass is 10.1. The number of nitrogens with zero attached hydrogens (tertiary/aromatic N) is 1. The van der Waals surface area contributed by atoms with Gasteiger partial charge in [-0.2, -0.15) is 0 Å². The molecular formula is C14H23N3O2S2. The van der Waals surface area contributed by atoms with Crippen molar-refractivity contribution in [2.75, 3.05) is 37.4 Å². The topological polar surface area (TPSA) is 75.4 Å². The Hall–Kier alpha value is -0.760. The smallest absolute Gasteiger partial charge is 0.212 e. The van der Waals surface area contributed by atoms with Gasteiger partial charge in [0.1, 0.15) is 0 Å². The number of anilines is 1. The molecule has 1 fully saturated rings. The molecule has 0 saturated carbocycles. The molecule has 1 unspecified atom stereocenters. The van der Waals surface area contributed by atoms with Crippen molar-refractivity contribution in [1.82, 2.24) is 9.62 Å². The Morgan fingerprint density at radius 3 is 3.00 bits per heavy atom. The van der Waals surface area contributed by atoms with Gasteiger partial charge >= 0.3 is 0 Å². The minimum absolute atomic E-state index is 0.0473. The van der Waals surface area contributed by atoms with Gasteiger partial charge in [-0.05, 0) is 44.6 Å². The summed E-state index contributed by atoms with van der Waals surface area (Å²) >= 11 is 1.51. The first-order valence-corrected chi connectivity index (χ1v) is 9.75. The number of sulfonamides is 1. The highest BCUT2D eigenvalue weighted by Gasteiger charge is 2.22. The van der Waals surface area contributed by atoms with E-state index in [1.807, 2.05) is 31.3 Å². The predicted octanol–water partition coefficient (Wildman–Crippen LogP) is 1.37. The highest BCUT2D eigenvalue weighted by atomic mass is 32.2. The first-order chi connectivity index (χ1) is 9.94. The summed E-state index contributed by atoms with van der Waals surface area (Å²) in [5.74, 6) is 0.661. The van der Waals surface area contributed by atoms with E-state index in [0.717, 1.165) is 30.8 Å². The lowest BCUT2D eigenvalue weighted by molar-refractivity contribution is 0.242. The molecule has 5 nitrogen and oxygen atoms in total. The van der Waals surface area contributed by atoms with E-state index in [1.165, 1.54) is 11.8 Å². The van der Waals surface area contributed by atoms with Gasteiger partial charge in [-0.15, -0.1) is 11.8 Å². The van der Waals surface area contributed by atoms with Crippen molar-refractivity contribution in [3.05, 3.63) is 24.3 Å². The van der Waals surface area contributed by atoms with Gasteiger partial charge in [-0.25, -0.2) is 13.1 Å². The molecule has 0 aliphatic carbocycles. The van der Waals surface area contributed by atoms with Crippen LogP contribution in [-0.4, -0.2) is 51.0 Å². The number of nitrogens with two attached hydrogens (primary N) is 1. The summed E-state index contributed by atoms with van der Waals surface area (Å²) in [5.41, 5.74) is 6.40. The standard InChI is InChI=1S/C14H23N3O2S2/c1-17-7-3-5-13(11-17)16-21(18,19)9-8-20-14-6-2-4-12(15)10-14/h2,4,6,10,13,16H,3,5,7-9,11,15H2,1H3. The van der Waals surface area contributed by atoms with Crippen molar-refractivity contribution >= 4 is 27.5 Å². The van der Waals surface area contributed by atoms with E-state index >= 15 is 0 Å². The third-order valence-corrected chi connectivity index (χ3v) is 6.14. The number of thioether (sulfide) groups is 1. The molecule has 3 N–H and O–H groups in total. The molecular weight excluding hydrogens is 306 g/mol. The van der Waals surface area contributed by atoms with E-state index in [2.05, 4.69) is 9.62 Å². The van der Waals surface area contributed by atoms with Crippen molar-refractivity contribution in [3.63, 3.8) is 0 Å². The number of hydrogen-bond donors (Lipinski definition) is 2. The van der Waals surface area contributed by atoms with Crippen molar-refractivity contribution < 1.29 is 8.42 Å². The van der Waals surface area contributed by atoms with Crippen LogP contribution in [-0.2, 0) is 10.0 Å². The van der Waals surface area contributed by atoms with Crippen LogP contribution in [0.25, 0.3) is 0 Å². The Balaban J connectivity index is 1.78. The molecule has 0 spiro atoms. The zero-order valence-electron chi connectivity index (χ0n) is 12.3. The van der Waals surface area contributed by atoms with Crippen LogP contribution in [0, 0.1) is 0 Å². The van der Waals surface area contributed by atoms with Crippen LogP contribution in [0.4, 0.5) is 5.69 Å².